The van der Waals surface area contributed by atoms with Crippen LogP contribution in [-0.4, -0.2) is 16.1 Å². The van der Waals surface area contributed by atoms with Crippen LogP contribution in [0.25, 0.3) is 0 Å². The zero-order chi connectivity index (χ0) is 12.2. The van der Waals surface area contributed by atoms with E-state index in [1.165, 1.54) is 0 Å². The largest absolute Gasteiger partial charge is 0.356 e. The van der Waals surface area contributed by atoms with E-state index in [2.05, 4.69) is 42.2 Å². The number of nitrogens with zero attached hydrogens (tertiary/aromatic N) is 2. The molecule has 1 aromatic heterocycles. The fourth-order valence-electron chi connectivity index (χ4n) is 1.52. The molecule has 0 saturated carbocycles. The summed E-state index contributed by atoms with van der Waals surface area (Å²) in [4.78, 5) is 4.45. The summed E-state index contributed by atoms with van der Waals surface area (Å²) in [5.74, 6) is 0.946. The van der Waals surface area contributed by atoms with Crippen LogP contribution in [0.4, 0.5) is 5.95 Å². The summed E-state index contributed by atoms with van der Waals surface area (Å²) in [6.07, 6.45) is 5.06. The van der Waals surface area contributed by atoms with Gasteiger partial charge >= 0.3 is 0 Å². The van der Waals surface area contributed by atoms with Gasteiger partial charge in [-0.3, -0.25) is 0 Å². The van der Waals surface area contributed by atoms with Crippen molar-refractivity contribution in [1.29, 1.82) is 0 Å². The first-order chi connectivity index (χ1) is 7.42. The molecule has 0 saturated heterocycles. The number of rotatable bonds is 5. The minimum Gasteiger partial charge on any atom is -0.356 e. The van der Waals surface area contributed by atoms with Gasteiger partial charge in [-0.25, -0.2) is 4.98 Å². The maximum absolute atomic E-state index is 4.45. The average molecular weight is 221 g/mol. The van der Waals surface area contributed by atoms with Crippen LogP contribution in [0.1, 0.15) is 32.9 Å². The lowest BCUT2D eigenvalue weighted by atomic mass is 9.92. The summed E-state index contributed by atoms with van der Waals surface area (Å²) < 4.78 is 2.09. The van der Waals surface area contributed by atoms with Crippen LogP contribution in [0.2, 0.25) is 0 Å². The van der Waals surface area contributed by atoms with Gasteiger partial charge in [-0.2, -0.15) is 0 Å². The minimum atomic E-state index is 0.359. The van der Waals surface area contributed by atoms with Crippen LogP contribution < -0.4 is 5.32 Å². The predicted molar refractivity (Wildman–Crippen MR) is 69.7 cm³/mol. The van der Waals surface area contributed by atoms with Crippen molar-refractivity contribution in [2.24, 2.45) is 5.41 Å². The topological polar surface area (TPSA) is 29.9 Å². The fraction of sp³-hybridized carbons (Fsp3) is 0.615. The van der Waals surface area contributed by atoms with Crippen LogP contribution in [-0.2, 0) is 6.54 Å². The van der Waals surface area contributed by atoms with Gasteiger partial charge < -0.3 is 9.88 Å². The van der Waals surface area contributed by atoms with E-state index in [9.17, 15) is 0 Å². The zero-order valence-corrected chi connectivity index (χ0v) is 10.9. The van der Waals surface area contributed by atoms with Gasteiger partial charge in [0.1, 0.15) is 0 Å². The highest BCUT2D eigenvalue weighted by atomic mass is 15.2. The zero-order valence-electron chi connectivity index (χ0n) is 10.9. The lowest BCUT2D eigenvalue weighted by Crippen LogP contribution is -2.15. The summed E-state index contributed by atoms with van der Waals surface area (Å²) in [6.45, 7) is 14.3. The van der Waals surface area contributed by atoms with Crippen LogP contribution in [0.3, 0.4) is 0 Å². The van der Waals surface area contributed by atoms with Crippen molar-refractivity contribution < 1.29 is 0 Å². The summed E-state index contributed by atoms with van der Waals surface area (Å²) in [5.41, 5.74) is 1.40. The number of allylic oxidation sites excluding steroid dienone is 1. The van der Waals surface area contributed by atoms with E-state index < -0.39 is 0 Å². The molecule has 0 radical (unpaired) electrons. The van der Waals surface area contributed by atoms with Gasteiger partial charge in [0.2, 0.25) is 5.95 Å². The molecule has 90 valence electrons. The number of anilines is 1. The minimum absolute atomic E-state index is 0.359. The molecule has 0 amide bonds. The van der Waals surface area contributed by atoms with Gasteiger partial charge in [-0.15, -0.1) is 6.58 Å². The van der Waals surface area contributed by atoms with Crippen molar-refractivity contribution >= 4 is 5.95 Å². The molecule has 0 spiro atoms. The summed E-state index contributed by atoms with van der Waals surface area (Å²) in [5, 5.41) is 3.38. The molecule has 1 heterocycles. The Morgan fingerprint density at radius 2 is 2.19 bits per heavy atom. The van der Waals surface area contributed by atoms with E-state index in [1.54, 1.807) is 0 Å². The Morgan fingerprint density at radius 3 is 2.75 bits per heavy atom. The first-order valence-electron chi connectivity index (χ1n) is 5.81. The van der Waals surface area contributed by atoms with E-state index in [-0.39, 0.29) is 0 Å². The van der Waals surface area contributed by atoms with Crippen molar-refractivity contribution in [3.8, 4) is 0 Å². The smallest absolute Gasteiger partial charge is 0.203 e. The number of aryl methyl sites for hydroxylation is 1. The molecular formula is C13H23N3. The Kier molecular flexibility index (Phi) is 4.16. The third kappa shape index (κ3) is 4.09. The normalized spacial score (nSPS) is 11.5. The van der Waals surface area contributed by atoms with Crippen LogP contribution >= 0.6 is 0 Å². The highest BCUT2D eigenvalue weighted by Crippen LogP contribution is 2.18. The molecule has 16 heavy (non-hydrogen) atoms. The number of hydrogen-bond donors (Lipinski definition) is 1. The maximum atomic E-state index is 4.45. The van der Waals surface area contributed by atoms with E-state index in [1.807, 2.05) is 19.2 Å². The third-order valence-corrected chi connectivity index (χ3v) is 2.38. The highest BCUT2D eigenvalue weighted by molar-refractivity contribution is 5.29. The van der Waals surface area contributed by atoms with Crippen LogP contribution in [0.15, 0.2) is 18.9 Å². The highest BCUT2D eigenvalue weighted by Gasteiger charge is 2.10. The van der Waals surface area contributed by atoms with Crippen molar-refractivity contribution in [2.75, 3.05) is 11.9 Å². The Hall–Kier alpha value is -1.25. The molecule has 0 aliphatic carbocycles. The van der Waals surface area contributed by atoms with Crippen LogP contribution in [0, 0.1) is 12.3 Å². The van der Waals surface area contributed by atoms with Crippen molar-refractivity contribution in [1.82, 2.24) is 9.55 Å². The quantitative estimate of drug-likeness (QED) is 0.774. The molecule has 1 rings (SSSR count). The Bertz CT molecular complexity index is 345. The molecule has 0 aliphatic rings. The lowest BCUT2D eigenvalue weighted by Gasteiger charge is -2.18. The summed E-state index contributed by atoms with van der Waals surface area (Å²) >= 11 is 0. The molecule has 1 N–H and O–H groups in total. The van der Waals surface area contributed by atoms with Crippen molar-refractivity contribution in [3.05, 3.63) is 24.5 Å². The molecule has 0 aliphatic heterocycles. The second kappa shape index (κ2) is 5.19. The number of hydrogen-bond acceptors (Lipinski definition) is 2. The number of aromatic nitrogens is 2. The Labute approximate surface area is 98.6 Å². The molecule has 0 aromatic carbocycles. The fourth-order valence-corrected chi connectivity index (χ4v) is 1.52. The lowest BCUT2D eigenvalue weighted by molar-refractivity contribution is 0.389. The molecular weight excluding hydrogens is 198 g/mol. The summed E-state index contributed by atoms with van der Waals surface area (Å²) in [6, 6.07) is 0. The van der Waals surface area contributed by atoms with Crippen molar-refractivity contribution in [2.45, 2.75) is 40.7 Å². The second-order valence-corrected chi connectivity index (χ2v) is 5.38. The molecule has 3 heteroatoms. The average Bonchev–Trinajstić information content (AvgIpc) is 2.45. The van der Waals surface area contributed by atoms with Gasteiger partial charge in [-0.1, -0.05) is 26.8 Å². The first-order valence-corrected chi connectivity index (χ1v) is 5.81. The maximum Gasteiger partial charge on any atom is 0.203 e. The molecule has 3 nitrogen and oxygen atoms in total. The van der Waals surface area contributed by atoms with Gasteiger partial charge in [0.05, 0.1) is 5.69 Å². The first kappa shape index (κ1) is 12.8. The SMILES string of the molecule is C=CCn1cc(C)nc1NCCC(C)(C)C. The molecule has 0 atom stereocenters. The van der Waals surface area contributed by atoms with E-state index in [4.69, 9.17) is 0 Å². The molecule has 0 bridgehead atoms. The van der Waals surface area contributed by atoms with E-state index in [0.717, 1.165) is 31.2 Å². The van der Waals surface area contributed by atoms with E-state index >= 15 is 0 Å². The van der Waals surface area contributed by atoms with Gasteiger partial charge in [-0.05, 0) is 18.8 Å². The molecule has 1 aromatic rings. The monoisotopic (exact) mass is 221 g/mol. The standard InChI is InChI=1S/C13H23N3/c1-6-9-16-10-11(2)15-12(16)14-8-7-13(3,4)5/h6,10H,1,7-9H2,2-5H3,(H,14,15). The van der Waals surface area contributed by atoms with E-state index in [0.29, 0.717) is 5.41 Å². The second-order valence-electron chi connectivity index (χ2n) is 5.38. The molecule has 0 fully saturated rings. The predicted octanol–water partition coefficient (Wildman–Crippen LogP) is 3.23. The third-order valence-electron chi connectivity index (χ3n) is 2.38. The van der Waals surface area contributed by atoms with Crippen molar-refractivity contribution in [3.63, 3.8) is 0 Å². The Morgan fingerprint density at radius 1 is 1.50 bits per heavy atom. The van der Waals surface area contributed by atoms with Gasteiger partial charge in [0, 0.05) is 19.3 Å². The summed E-state index contributed by atoms with van der Waals surface area (Å²) in [7, 11) is 0. The van der Waals surface area contributed by atoms with Gasteiger partial charge in [0.15, 0.2) is 0 Å². The molecule has 0 unspecified atom stereocenters. The number of nitrogens with one attached hydrogen (secondary N) is 1. The van der Waals surface area contributed by atoms with Crippen LogP contribution in [0.5, 0.6) is 0 Å². The van der Waals surface area contributed by atoms with Gasteiger partial charge in [0.25, 0.3) is 0 Å². The number of imidazole rings is 1. The Balaban J connectivity index is 2.55.